The van der Waals surface area contributed by atoms with Gasteiger partial charge in [0.2, 0.25) is 6.08 Å². The number of fused-ring (bicyclic) bond motifs is 1. The molecule has 82 valence electrons. The maximum absolute atomic E-state index is 10.1. The summed E-state index contributed by atoms with van der Waals surface area (Å²) in [5.74, 6) is 0. The fraction of sp³-hybridized carbons (Fsp3) is 0. The first kappa shape index (κ1) is 9.96. The fourth-order valence-corrected chi connectivity index (χ4v) is 2.33. The highest BCUT2D eigenvalue weighted by atomic mass is 32.1. The first-order valence-corrected chi connectivity index (χ1v) is 5.85. The summed E-state index contributed by atoms with van der Waals surface area (Å²) in [4.78, 5) is 19.1. The highest BCUT2D eigenvalue weighted by Gasteiger charge is 2.04. The zero-order chi connectivity index (χ0) is 11.7. The average Bonchev–Trinajstić information content (AvgIpc) is 2.90. The molecule has 2 aromatic heterocycles. The van der Waals surface area contributed by atoms with Gasteiger partial charge in [0, 0.05) is 23.3 Å². The third-order valence-corrected chi connectivity index (χ3v) is 3.20. The lowest BCUT2D eigenvalue weighted by Gasteiger charge is -1.95. The quantitative estimate of drug-likeness (QED) is 0.511. The summed E-state index contributed by atoms with van der Waals surface area (Å²) in [6.07, 6.45) is 5.47. The molecule has 0 aliphatic carbocycles. The second kappa shape index (κ2) is 3.97. The van der Waals surface area contributed by atoms with Crippen LogP contribution in [0.1, 0.15) is 0 Å². The summed E-state index contributed by atoms with van der Waals surface area (Å²) < 4.78 is 1.98. The highest BCUT2D eigenvalue weighted by Crippen LogP contribution is 2.23. The molecule has 0 saturated heterocycles. The van der Waals surface area contributed by atoms with Crippen LogP contribution in [0, 0.1) is 0 Å². The van der Waals surface area contributed by atoms with Crippen LogP contribution in [-0.2, 0) is 4.79 Å². The van der Waals surface area contributed by atoms with Gasteiger partial charge in [0.15, 0.2) is 4.96 Å². The van der Waals surface area contributed by atoms with E-state index in [4.69, 9.17) is 0 Å². The molecule has 0 amide bonds. The molecule has 0 N–H and O–H groups in total. The number of carbonyl (C=O) groups excluding carboxylic acids is 1. The lowest BCUT2D eigenvalue weighted by atomic mass is 10.1. The molecule has 4 nitrogen and oxygen atoms in total. The molecule has 0 aliphatic heterocycles. The maximum Gasteiger partial charge on any atom is 0.240 e. The van der Waals surface area contributed by atoms with Gasteiger partial charge in [-0.3, -0.25) is 4.40 Å². The number of hydrogen-bond donors (Lipinski definition) is 0. The van der Waals surface area contributed by atoms with Crippen molar-refractivity contribution in [1.82, 2.24) is 9.38 Å². The summed E-state index contributed by atoms with van der Waals surface area (Å²) in [6, 6.07) is 7.33. The molecule has 17 heavy (non-hydrogen) atoms. The molecular formula is C12H7N3OS. The standard InChI is InChI=1S/C12H7N3OS/c16-8-13-10-3-1-9(2-4-10)11-7-15-5-6-17-12(15)14-11/h1-7H. The van der Waals surface area contributed by atoms with Crippen LogP contribution in [0.25, 0.3) is 16.2 Å². The summed E-state index contributed by atoms with van der Waals surface area (Å²) in [5, 5.41) is 1.99. The van der Waals surface area contributed by atoms with Crippen LogP contribution in [0.3, 0.4) is 0 Å². The Morgan fingerprint density at radius 2 is 2.12 bits per heavy atom. The molecule has 0 spiro atoms. The summed E-state index contributed by atoms with van der Waals surface area (Å²) in [6.45, 7) is 0. The number of benzene rings is 1. The highest BCUT2D eigenvalue weighted by molar-refractivity contribution is 7.15. The smallest absolute Gasteiger partial charge is 0.240 e. The number of imidazole rings is 1. The van der Waals surface area contributed by atoms with Gasteiger partial charge in [0.05, 0.1) is 11.4 Å². The first-order valence-electron chi connectivity index (χ1n) is 4.97. The van der Waals surface area contributed by atoms with Crippen molar-refractivity contribution in [2.24, 2.45) is 4.99 Å². The molecule has 2 heterocycles. The monoisotopic (exact) mass is 241 g/mol. The molecule has 3 rings (SSSR count). The molecule has 0 aliphatic rings. The number of aromatic nitrogens is 2. The largest absolute Gasteiger partial charge is 0.297 e. The van der Waals surface area contributed by atoms with Gasteiger partial charge in [0.1, 0.15) is 0 Å². The Hall–Kier alpha value is -2.23. The molecule has 0 fully saturated rings. The molecule has 0 bridgehead atoms. The third-order valence-electron chi connectivity index (χ3n) is 2.43. The Morgan fingerprint density at radius 3 is 2.82 bits per heavy atom. The van der Waals surface area contributed by atoms with Crippen LogP contribution in [0.15, 0.2) is 47.0 Å². The van der Waals surface area contributed by atoms with E-state index in [1.807, 2.05) is 34.3 Å². The zero-order valence-electron chi connectivity index (χ0n) is 8.70. The minimum absolute atomic E-state index is 0.602. The first-order chi connectivity index (χ1) is 8.36. The van der Waals surface area contributed by atoms with Crippen molar-refractivity contribution < 1.29 is 4.79 Å². The van der Waals surface area contributed by atoms with E-state index in [-0.39, 0.29) is 0 Å². The van der Waals surface area contributed by atoms with Crippen LogP contribution in [0.5, 0.6) is 0 Å². The van der Waals surface area contributed by atoms with Crippen LogP contribution in [0.2, 0.25) is 0 Å². The molecule has 0 atom stereocenters. The molecule has 0 radical (unpaired) electrons. The maximum atomic E-state index is 10.1. The van der Waals surface area contributed by atoms with Gasteiger partial charge in [-0.2, -0.15) is 4.99 Å². The molecular weight excluding hydrogens is 234 g/mol. The Kier molecular flexibility index (Phi) is 2.33. The van der Waals surface area contributed by atoms with Gasteiger partial charge in [-0.05, 0) is 12.1 Å². The van der Waals surface area contributed by atoms with Gasteiger partial charge in [-0.15, -0.1) is 11.3 Å². The Morgan fingerprint density at radius 1 is 1.29 bits per heavy atom. The number of rotatable bonds is 2. The second-order valence-electron chi connectivity index (χ2n) is 3.47. The molecule has 1 aromatic carbocycles. The van der Waals surface area contributed by atoms with Gasteiger partial charge in [-0.25, -0.2) is 9.78 Å². The van der Waals surface area contributed by atoms with E-state index in [1.165, 1.54) is 6.08 Å². The fourth-order valence-electron chi connectivity index (χ4n) is 1.63. The van der Waals surface area contributed by atoms with Gasteiger partial charge < -0.3 is 0 Å². The molecule has 0 saturated carbocycles. The van der Waals surface area contributed by atoms with E-state index >= 15 is 0 Å². The van der Waals surface area contributed by atoms with E-state index in [9.17, 15) is 4.79 Å². The van der Waals surface area contributed by atoms with Crippen molar-refractivity contribution in [2.45, 2.75) is 0 Å². The van der Waals surface area contributed by atoms with Crippen LogP contribution in [0.4, 0.5) is 5.69 Å². The molecule has 3 aromatic rings. The third kappa shape index (κ3) is 1.78. The SMILES string of the molecule is O=C=Nc1ccc(-c2cn3ccsc3n2)cc1. The number of nitrogens with zero attached hydrogens (tertiary/aromatic N) is 3. The van der Waals surface area contributed by atoms with E-state index in [0.29, 0.717) is 5.69 Å². The summed E-state index contributed by atoms with van der Waals surface area (Å²) >= 11 is 1.60. The lowest BCUT2D eigenvalue weighted by molar-refractivity contribution is 0.565. The number of isocyanates is 1. The zero-order valence-corrected chi connectivity index (χ0v) is 9.52. The minimum atomic E-state index is 0.602. The Labute approximate surface area is 101 Å². The summed E-state index contributed by atoms with van der Waals surface area (Å²) in [5.41, 5.74) is 2.52. The second-order valence-corrected chi connectivity index (χ2v) is 4.34. The number of aliphatic imine (C=N–C) groups is 1. The van der Waals surface area contributed by atoms with Crippen LogP contribution in [-0.4, -0.2) is 15.5 Å². The molecule has 0 unspecified atom stereocenters. The van der Waals surface area contributed by atoms with Crippen molar-refractivity contribution in [3.05, 3.63) is 42.0 Å². The normalized spacial score (nSPS) is 10.4. The van der Waals surface area contributed by atoms with Crippen molar-refractivity contribution >= 4 is 28.1 Å². The predicted octanol–water partition coefficient (Wildman–Crippen LogP) is 3.03. The van der Waals surface area contributed by atoms with Crippen molar-refractivity contribution in [3.63, 3.8) is 0 Å². The Balaban J connectivity index is 2.03. The number of thiazole rings is 1. The number of hydrogen-bond acceptors (Lipinski definition) is 4. The van der Waals surface area contributed by atoms with Gasteiger partial charge >= 0.3 is 0 Å². The van der Waals surface area contributed by atoms with Crippen molar-refractivity contribution in [2.75, 3.05) is 0 Å². The van der Waals surface area contributed by atoms with E-state index < -0.39 is 0 Å². The summed E-state index contributed by atoms with van der Waals surface area (Å²) in [7, 11) is 0. The van der Waals surface area contributed by atoms with E-state index in [2.05, 4.69) is 9.98 Å². The topological polar surface area (TPSA) is 46.7 Å². The predicted molar refractivity (Wildman–Crippen MR) is 66.3 cm³/mol. The molecule has 5 heteroatoms. The minimum Gasteiger partial charge on any atom is -0.297 e. The lowest BCUT2D eigenvalue weighted by Crippen LogP contribution is -1.75. The average molecular weight is 241 g/mol. The van der Waals surface area contributed by atoms with Gasteiger partial charge in [-0.1, -0.05) is 12.1 Å². The van der Waals surface area contributed by atoms with Crippen molar-refractivity contribution in [1.29, 1.82) is 0 Å². The van der Waals surface area contributed by atoms with Crippen LogP contribution >= 0.6 is 11.3 Å². The Bertz CT molecular complexity index is 676. The van der Waals surface area contributed by atoms with Gasteiger partial charge in [0.25, 0.3) is 0 Å². The van der Waals surface area contributed by atoms with Crippen LogP contribution < -0.4 is 0 Å². The van der Waals surface area contributed by atoms with E-state index in [1.54, 1.807) is 23.5 Å². The van der Waals surface area contributed by atoms with Crippen molar-refractivity contribution in [3.8, 4) is 11.3 Å². The van der Waals surface area contributed by atoms with E-state index in [0.717, 1.165) is 16.2 Å².